The smallest absolute Gasteiger partial charge is 0.191 e. The Morgan fingerprint density at radius 2 is 2.17 bits per heavy atom. The Morgan fingerprint density at radius 3 is 2.83 bits per heavy atom. The minimum Gasteiger partial charge on any atom is -0.357 e. The molecule has 0 aliphatic rings. The molecule has 0 spiro atoms. The van der Waals surface area contributed by atoms with Gasteiger partial charge in [0.25, 0.3) is 0 Å². The van der Waals surface area contributed by atoms with E-state index in [1.165, 1.54) is 0 Å². The van der Waals surface area contributed by atoms with Crippen molar-refractivity contribution in [3.63, 3.8) is 0 Å². The molecular weight excluding hydrogens is 310 g/mol. The monoisotopic (exact) mass is 333 g/mol. The van der Waals surface area contributed by atoms with E-state index in [-0.39, 0.29) is 6.04 Å². The van der Waals surface area contributed by atoms with E-state index >= 15 is 0 Å². The highest BCUT2D eigenvalue weighted by Gasteiger charge is 2.10. The molecule has 1 heterocycles. The lowest BCUT2D eigenvalue weighted by Gasteiger charge is -2.19. The molecule has 2 N–H and O–H groups in total. The van der Waals surface area contributed by atoms with Crippen LogP contribution in [0.15, 0.2) is 41.7 Å². The van der Waals surface area contributed by atoms with Crippen LogP contribution in [-0.2, 0) is 6.54 Å². The van der Waals surface area contributed by atoms with Crippen molar-refractivity contribution in [3.05, 3.63) is 52.8 Å². The fourth-order valence-corrected chi connectivity index (χ4v) is 2.58. The molecule has 2 rings (SSSR count). The van der Waals surface area contributed by atoms with Crippen LogP contribution in [0.25, 0.3) is 0 Å². The van der Waals surface area contributed by atoms with Gasteiger partial charge in [0.15, 0.2) is 5.96 Å². The van der Waals surface area contributed by atoms with E-state index in [0.717, 1.165) is 35.2 Å². The van der Waals surface area contributed by atoms with E-state index in [1.807, 2.05) is 55.2 Å². The molecule has 0 amide bonds. The summed E-state index contributed by atoms with van der Waals surface area (Å²) in [5.74, 6) is 0.781. The summed E-state index contributed by atoms with van der Waals surface area (Å²) in [5.41, 5.74) is 2.22. The maximum absolute atomic E-state index is 6.25. The summed E-state index contributed by atoms with van der Waals surface area (Å²) in [4.78, 5) is 4.60. The Kier molecular flexibility index (Phi) is 6.47. The van der Waals surface area contributed by atoms with Gasteiger partial charge in [-0.25, -0.2) is 0 Å². The SMILES string of the molecule is CCNC(=NCCn1cc(C)cn1)NC(C)c1ccccc1Cl. The Bertz CT molecular complexity index is 650. The normalized spacial score (nSPS) is 13.0. The fraction of sp³-hybridized carbons (Fsp3) is 0.412. The third-order valence-electron chi connectivity index (χ3n) is 3.43. The Labute approximate surface area is 142 Å². The second-order valence-corrected chi connectivity index (χ2v) is 5.84. The molecule has 0 saturated heterocycles. The number of aromatic nitrogens is 2. The van der Waals surface area contributed by atoms with Crippen LogP contribution in [0.2, 0.25) is 5.02 Å². The molecule has 1 unspecified atom stereocenters. The van der Waals surface area contributed by atoms with Gasteiger partial charge in [0.05, 0.1) is 25.3 Å². The number of hydrogen-bond donors (Lipinski definition) is 2. The maximum atomic E-state index is 6.25. The number of aliphatic imine (C=N–C) groups is 1. The molecule has 0 saturated carbocycles. The third-order valence-corrected chi connectivity index (χ3v) is 3.77. The summed E-state index contributed by atoms with van der Waals surface area (Å²) in [6.07, 6.45) is 3.87. The average Bonchev–Trinajstić information content (AvgIpc) is 2.93. The van der Waals surface area contributed by atoms with E-state index in [1.54, 1.807) is 0 Å². The molecule has 0 fully saturated rings. The predicted octanol–water partition coefficient (Wildman–Crippen LogP) is 3.16. The minimum atomic E-state index is 0.0773. The van der Waals surface area contributed by atoms with Crippen molar-refractivity contribution < 1.29 is 0 Å². The molecule has 6 heteroatoms. The lowest BCUT2D eigenvalue weighted by Crippen LogP contribution is -2.39. The first-order valence-corrected chi connectivity index (χ1v) is 8.26. The minimum absolute atomic E-state index is 0.0773. The van der Waals surface area contributed by atoms with E-state index in [2.05, 4.69) is 27.6 Å². The van der Waals surface area contributed by atoms with Gasteiger partial charge in [0.2, 0.25) is 0 Å². The van der Waals surface area contributed by atoms with Gasteiger partial charge in [-0.3, -0.25) is 9.67 Å². The summed E-state index contributed by atoms with van der Waals surface area (Å²) < 4.78 is 1.90. The average molecular weight is 334 g/mol. The predicted molar refractivity (Wildman–Crippen MR) is 95.9 cm³/mol. The highest BCUT2D eigenvalue weighted by atomic mass is 35.5. The van der Waals surface area contributed by atoms with Gasteiger partial charge in [0, 0.05) is 17.8 Å². The second kappa shape index (κ2) is 8.58. The third kappa shape index (κ3) is 5.28. The highest BCUT2D eigenvalue weighted by Crippen LogP contribution is 2.21. The Morgan fingerprint density at radius 1 is 1.39 bits per heavy atom. The molecule has 0 aliphatic carbocycles. The summed E-state index contributed by atoms with van der Waals surface area (Å²) in [6, 6.07) is 7.93. The number of nitrogens with zero attached hydrogens (tertiary/aromatic N) is 3. The highest BCUT2D eigenvalue weighted by molar-refractivity contribution is 6.31. The van der Waals surface area contributed by atoms with Crippen LogP contribution >= 0.6 is 11.6 Å². The van der Waals surface area contributed by atoms with Crippen LogP contribution in [0, 0.1) is 6.92 Å². The van der Waals surface area contributed by atoms with Crippen molar-refractivity contribution in [2.45, 2.75) is 33.4 Å². The van der Waals surface area contributed by atoms with Crippen LogP contribution in [-0.4, -0.2) is 28.8 Å². The number of guanidine groups is 1. The fourth-order valence-electron chi connectivity index (χ4n) is 2.28. The summed E-state index contributed by atoms with van der Waals surface area (Å²) in [6.45, 7) is 8.38. The Hall–Kier alpha value is -2.01. The topological polar surface area (TPSA) is 54.2 Å². The quantitative estimate of drug-likeness (QED) is 0.630. The van der Waals surface area contributed by atoms with Crippen molar-refractivity contribution >= 4 is 17.6 Å². The van der Waals surface area contributed by atoms with Crippen LogP contribution < -0.4 is 10.6 Å². The standard InChI is InChI=1S/C17H24ClN5/c1-4-19-17(20-9-10-23-12-13(2)11-21-23)22-14(3)15-7-5-6-8-16(15)18/h5-8,11-12,14H,4,9-10H2,1-3H3,(H2,19,20,22). The molecule has 1 atom stereocenters. The van der Waals surface area contributed by atoms with Crippen molar-refractivity contribution in [2.75, 3.05) is 13.1 Å². The Balaban J connectivity index is 1.97. The van der Waals surface area contributed by atoms with Gasteiger partial charge in [-0.15, -0.1) is 0 Å². The van der Waals surface area contributed by atoms with Crippen LogP contribution in [0.3, 0.4) is 0 Å². The van der Waals surface area contributed by atoms with Gasteiger partial charge < -0.3 is 10.6 Å². The lowest BCUT2D eigenvalue weighted by molar-refractivity contribution is 0.617. The van der Waals surface area contributed by atoms with Gasteiger partial charge in [-0.1, -0.05) is 29.8 Å². The zero-order valence-electron chi connectivity index (χ0n) is 13.9. The van der Waals surface area contributed by atoms with Crippen molar-refractivity contribution in [2.24, 2.45) is 4.99 Å². The number of benzene rings is 1. The van der Waals surface area contributed by atoms with E-state index in [0.29, 0.717) is 6.54 Å². The van der Waals surface area contributed by atoms with Gasteiger partial charge >= 0.3 is 0 Å². The number of hydrogen-bond acceptors (Lipinski definition) is 2. The van der Waals surface area contributed by atoms with Crippen molar-refractivity contribution in [1.29, 1.82) is 0 Å². The molecule has 2 aromatic rings. The first kappa shape index (κ1) is 17.3. The molecular formula is C17H24ClN5. The molecule has 1 aromatic carbocycles. The van der Waals surface area contributed by atoms with Crippen molar-refractivity contribution in [3.8, 4) is 0 Å². The molecule has 0 aliphatic heterocycles. The van der Waals surface area contributed by atoms with Crippen LogP contribution in [0.1, 0.15) is 31.0 Å². The zero-order valence-corrected chi connectivity index (χ0v) is 14.6. The van der Waals surface area contributed by atoms with E-state index in [4.69, 9.17) is 11.6 Å². The molecule has 1 aromatic heterocycles. The molecule has 124 valence electrons. The molecule has 23 heavy (non-hydrogen) atoms. The number of rotatable bonds is 6. The number of halogens is 1. The summed E-state index contributed by atoms with van der Waals surface area (Å²) in [5, 5.41) is 11.7. The molecule has 5 nitrogen and oxygen atoms in total. The zero-order chi connectivity index (χ0) is 16.7. The summed E-state index contributed by atoms with van der Waals surface area (Å²) >= 11 is 6.25. The molecule has 0 radical (unpaired) electrons. The lowest BCUT2D eigenvalue weighted by atomic mass is 10.1. The van der Waals surface area contributed by atoms with Crippen molar-refractivity contribution in [1.82, 2.24) is 20.4 Å². The first-order valence-electron chi connectivity index (χ1n) is 7.88. The number of aryl methyl sites for hydroxylation is 1. The van der Waals surface area contributed by atoms with Gasteiger partial charge in [0.1, 0.15) is 0 Å². The largest absolute Gasteiger partial charge is 0.357 e. The van der Waals surface area contributed by atoms with Gasteiger partial charge in [-0.2, -0.15) is 5.10 Å². The molecule has 0 bridgehead atoms. The first-order chi connectivity index (χ1) is 11.1. The van der Waals surface area contributed by atoms with Crippen LogP contribution in [0.5, 0.6) is 0 Å². The second-order valence-electron chi connectivity index (χ2n) is 5.43. The van der Waals surface area contributed by atoms with E-state index in [9.17, 15) is 0 Å². The number of nitrogens with one attached hydrogen (secondary N) is 2. The van der Waals surface area contributed by atoms with Crippen LogP contribution in [0.4, 0.5) is 0 Å². The maximum Gasteiger partial charge on any atom is 0.191 e. The summed E-state index contributed by atoms with van der Waals surface area (Å²) in [7, 11) is 0. The van der Waals surface area contributed by atoms with E-state index < -0.39 is 0 Å². The van der Waals surface area contributed by atoms with Gasteiger partial charge in [-0.05, 0) is 38.0 Å².